The SMILES string of the molecule is Nc1ccc(CSF)cc1. The van der Waals surface area contributed by atoms with Gasteiger partial charge in [0.1, 0.15) is 0 Å². The van der Waals surface area contributed by atoms with Gasteiger partial charge < -0.3 is 5.73 Å². The Hall–Kier alpha value is -0.700. The average Bonchev–Trinajstić information content (AvgIpc) is 1.95. The van der Waals surface area contributed by atoms with Crippen LogP contribution in [-0.2, 0) is 5.75 Å². The monoisotopic (exact) mass is 157 g/mol. The van der Waals surface area contributed by atoms with Crippen LogP contribution >= 0.6 is 12.1 Å². The molecule has 0 heterocycles. The Labute approximate surface area is 63.7 Å². The van der Waals surface area contributed by atoms with Gasteiger partial charge in [0.2, 0.25) is 0 Å². The number of hydrogen-bond donors (Lipinski definition) is 1. The van der Waals surface area contributed by atoms with E-state index in [2.05, 4.69) is 0 Å². The van der Waals surface area contributed by atoms with Gasteiger partial charge in [-0.1, -0.05) is 12.1 Å². The van der Waals surface area contributed by atoms with Gasteiger partial charge in [-0.3, -0.25) is 0 Å². The van der Waals surface area contributed by atoms with Crippen molar-refractivity contribution in [2.24, 2.45) is 0 Å². The molecule has 0 spiro atoms. The van der Waals surface area contributed by atoms with E-state index >= 15 is 0 Å². The molecule has 0 amide bonds. The molecule has 0 bridgehead atoms. The van der Waals surface area contributed by atoms with Crippen LogP contribution in [0.4, 0.5) is 9.57 Å². The summed E-state index contributed by atoms with van der Waals surface area (Å²) in [6, 6.07) is 7.18. The molecule has 54 valence electrons. The van der Waals surface area contributed by atoms with E-state index in [4.69, 9.17) is 5.73 Å². The van der Waals surface area contributed by atoms with Gasteiger partial charge in [-0.05, 0) is 17.7 Å². The first kappa shape index (κ1) is 7.41. The standard InChI is InChI=1S/C7H8FNS/c8-10-5-6-1-3-7(9)4-2-6/h1-4H,5,9H2. The fourth-order valence-corrected chi connectivity index (χ4v) is 0.995. The van der Waals surface area contributed by atoms with Crippen LogP contribution in [-0.4, -0.2) is 0 Å². The Balaban J connectivity index is 2.69. The molecule has 3 heteroatoms. The van der Waals surface area contributed by atoms with Crippen LogP contribution in [0, 0.1) is 0 Å². The van der Waals surface area contributed by atoms with Gasteiger partial charge in [-0.2, -0.15) is 3.89 Å². The molecule has 0 aliphatic heterocycles. The maximum absolute atomic E-state index is 11.7. The molecule has 2 N–H and O–H groups in total. The van der Waals surface area contributed by atoms with E-state index in [0.717, 1.165) is 5.56 Å². The summed E-state index contributed by atoms with van der Waals surface area (Å²) in [5, 5.41) is 0. The lowest BCUT2D eigenvalue weighted by Crippen LogP contribution is -1.84. The first-order chi connectivity index (χ1) is 4.83. The number of benzene rings is 1. The van der Waals surface area contributed by atoms with Crippen molar-refractivity contribution in [1.29, 1.82) is 0 Å². The molecular weight excluding hydrogens is 149 g/mol. The first-order valence-electron chi connectivity index (χ1n) is 2.91. The van der Waals surface area contributed by atoms with Gasteiger partial charge in [0.15, 0.2) is 0 Å². The molecule has 0 atom stereocenters. The van der Waals surface area contributed by atoms with Crippen molar-refractivity contribution in [1.82, 2.24) is 0 Å². The predicted molar refractivity (Wildman–Crippen MR) is 43.3 cm³/mol. The third-order valence-corrected chi connectivity index (χ3v) is 1.64. The largest absolute Gasteiger partial charge is 0.399 e. The van der Waals surface area contributed by atoms with Gasteiger partial charge in [0.05, 0.1) is 5.75 Å². The Morgan fingerprint density at radius 1 is 1.30 bits per heavy atom. The van der Waals surface area contributed by atoms with E-state index in [1.807, 2.05) is 12.1 Å². The normalized spacial score (nSPS) is 9.70. The number of halogens is 1. The minimum atomic E-state index is 0.320. The fraction of sp³-hybridized carbons (Fsp3) is 0.143. The van der Waals surface area contributed by atoms with Crippen molar-refractivity contribution in [2.45, 2.75) is 5.75 Å². The third-order valence-electron chi connectivity index (χ3n) is 1.20. The highest BCUT2D eigenvalue weighted by molar-refractivity contribution is 7.93. The van der Waals surface area contributed by atoms with Crippen molar-refractivity contribution in [3.8, 4) is 0 Å². The molecule has 1 rings (SSSR count). The second kappa shape index (κ2) is 3.46. The number of anilines is 1. The van der Waals surface area contributed by atoms with Gasteiger partial charge in [0.25, 0.3) is 0 Å². The van der Waals surface area contributed by atoms with E-state index < -0.39 is 0 Å². The maximum atomic E-state index is 11.7. The minimum Gasteiger partial charge on any atom is -0.399 e. The molecule has 1 nitrogen and oxygen atoms in total. The zero-order chi connectivity index (χ0) is 7.40. The van der Waals surface area contributed by atoms with Crippen LogP contribution in [0.1, 0.15) is 5.56 Å². The van der Waals surface area contributed by atoms with Crippen LogP contribution in [0.3, 0.4) is 0 Å². The minimum absolute atomic E-state index is 0.320. The van der Waals surface area contributed by atoms with E-state index in [1.165, 1.54) is 0 Å². The highest BCUT2D eigenvalue weighted by atomic mass is 32.2. The van der Waals surface area contributed by atoms with Crippen LogP contribution in [0.2, 0.25) is 0 Å². The Morgan fingerprint density at radius 2 is 1.90 bits per heavy atom. The van der Waals surface area contributed by atoms with Crippen LogP contribution in [0.25, 0.3) is 0 Å². The van der Waals surface area contributed by atoms with E-state index in [1.54, 1.807) is 12.1 Å². The molecular formula is C7H8FNS. The summed E-state index contributed by atoms with van der Waals surface area (Å²) < 4.78 is 11.7. The number of nitrogen functional groups attached to an aromatic ring is 1. The molecule has 0 aromatic heterocycles. The van der Waals surface area contributed by atoms with Crippen molar-refractivity contribution in [3.63, 3.8) is 0 Å². The fourth-order valence-electron chi connectivity index (χ4n) is 0.677. The molecule has 0 radical (unpaired) electrons. The maximum Gasteiger partial charge on any atom is 0.0501 e. The summed E-state index contributed by atoms with van der Waals surface area (Å²) in [5.74, 6) is 0.403. The van der Waals surface area contributed by atoms with Crippen molar-refractivity contribution in [2.75, 3.05) is 5.73 Å². The molecule has 0 aliphatic rings. The quantitative estimate of drug-likeness (QED) is 0.667. The van der Waals surface area contributed by atoms with Crippen molar-refractivity contribution in [3.05, 3.63) is 29.8 Å². The lowest BCUT2D eigenvalue weighted by atomic mass is 10.2. The molecule has 0 saturated carbocycles. The van der Waals surface area contributed by atoms with Crippen LogP contribution in [0.15, 0.2) is 24.3 Å². The molecule has 10 heavy (non-hydrogen) atoms. The van der Waals surface area contributed by atoms with Gasteiger partial charge in [0, 0.05) is 17.8 Å². The van der Waals surface area contributed by atoms with Crippen LogP contribution in [0.5, 0.6) is 0 Å². The molecule has 1 aromatic carbocycles. The second-order valence-corrected chi connectivity index (χ2v) is 2.50. The van der Waals surface area contributed by atoms with E-state index in [9.17, 15) is 3.89 Å². The second-order valence-electron chi connectivity index (χ2n) is 2.00. The van der Waals surface area contributed by atoms with Crippen molar-refractivity contribution < 1.29 is 3.89 Å². The average molecular weight is 157 g/mol. The van der Waals surface area contributed by atoms with E-state index in [0.29, 0.717) is 23.6 Å². The summed E-state index contributed by atoms with van der Waals surface area (Å²) in [6.07, 6.45) is 0. The zero-order valence-corrected chi connectivity index (χ0v) is 6.20. The highest BCUT2D eigenvalue weighted by Crippen LogP contribution is 2.13. The summed E-state index contributed by atoms with van der Waals surface area (Å²) in [6.45, 7) is 0. The lowest BCUT2D eigenvalue weighted by Gasteiger charge is -1.95. The molecule has 0 saturated heterocycles. The number of rotatable bonds is 2. The summed E-state index contributed by atoms with van der Waals surface area (Å²) in [5.41, 5.74) is 7.10. The third kappa shape index (κ3) is 1.92. The topological polar surface area (TPSA) is 26.0 Å². The molecule has 1 aromatic rings. The Morgan fingerprint density at radius 3 is 2.40 bits per heavy atom. The smallest absolute Gasteiger partial charge is 0.0501 e. The van der Waals surface area contributed by atoms with E-state index in [-0.39, 0.29) is 0 Å². The molecule has 0 fully saturated rings. The molecule has 0 aliphatic carbocycles. The zero-order valence-electron chi connectivity index (χ0n) is 5.38. The summed E-state index contributed by atoms with van der Waals surface area (Å²) in [7, 11) is 0. The first-order valence-corrected chi connectivity index (χ1v) is 3.79. The van der Waals surface area contributed by atoms with Crippen molar-refractivity contribution >= 4 is 17.8 Å². The highest BCUT2D eigenvalue weighted by Gasteiger charge is 1.90. The number of nitrogens with two attached hydrogens (primary N) is 1. The van der Waals surface area contributed by atoms with Gasteiger partial charge in [-0.25, -0.2) is 0 Å². The van der Waals surface area contributed by atoms with Gasteiger partial charge in [-0.15, -0.1) is 0 Å². The molecule has 0 unspecified atom stereocenters. The number of hydrogen-bond acceptors (Lipinski definition) is 2. The van der Waals surface area contributed by atoms with Crippen LogP contribution < -0.4 is 5.73 Å². The summed E-state index contributed by atoms with van der Waals surface area (Å²) in [4.78, 5) is 0. The lowest BCUT2D eigenvalue weighted by molar-refractivity contribution is 0.933. The Bertz CT molecular complexity index is 197. The predicted octanol–water partition coefficient (Wildman–Crippen LogP) is 2.39. The van der Waals surface area contributed by atoms with Gasteiger partial charge >= 0.3 is 0 Å². The summed E-state index contributed by atoms with van der Waals surface area (Å²) >= 11 is 0.320. The Kier molecular flexibility index (Phi) is 2.57.